The number of thiophene rings is 1. The first-order valence-corrected chi connectivity index (χ1v) is 11.7. The fourth-order valence-corrected chi connectivity index (χ4v) is 4.81. The van der Waals surface area contributed by atoms with E-state index >= 15 is 0 Å². The van der Waals surface area contributed by atoms with Gasteiger partial charge in [-0.15, -0.1) is 11.3 Å². The lowest BCUT2D eigenvalue weighted by Crippen LogP contribution is -2.14. The summed E-state index contributed by atoms with van der Waals surface area (Å²) in [6.45, 7) is 9.16. The van der Waals surface area contributed by atoms with E-state index in [0.717, 1.165) is 28.9 Å². The molecule has 0 aliphatic heterocycles. The lowest BCUT2D eigenvalue weighted by atomic mass is 9.86. The normalized spacial score (nSPS) is 11.5. The van der Waals surface area contributed by atoms with E-state index < -0.39 is 5.91 Å². The first kappa shape index (κ1) is 23.8. The van der Waals surface area contributed by atoms with Gasteiger partial charge >= 0.3 is 5.97 Å². The van der Waals surface area contributed by atoms with Crippen LogP contribution >= 0.6 is 11.3 Å². The SMILES string of the molecule is COC(=O)CCc1c(-c2ccc(C(C)(C)C)cc2)c(C(N)=O)c(C)n1CCc1cccs1. The number of carbonyl (C=O) groups excluding carboxylic acids is 2. The summed E-state index contributed by atoms with van der Waals surface area (Å²) in [5.41, 5.74) is 11.2. The molecule has 3 aromatic rings. The molecule has 5 nitrogen and oxygen atoms in total. The van der Waals surface area contributed by atoms with Gasteiger partial charge in [-0.25, -0.2) is 0 Å². The van der Waals surface area contributed by atoms with E-state index in [1.165, 1.54) is 17.6 Å². The fourth-order valence-electron chi connectivity index (χ4n) is 4.11. The third-order valence-electron chi connectivity index (χ3n) is 5.87. The predicted molar refractivity (Wildman–Crippen MR) is 130 cm³/mol. The van der Waals surface area contributed by atoms with Crippen molar-refractivity contribution in [3.05, 3.63) is 69.2 Å². The van der Waals surface area contributed by atoms with Gasteiger partial charge in [0.15, 0.2) is 0 Å². The van der Waals surface area contributed by atoms with Crippen LogP contribution in [0.25, 0.3) is 11.1 Å². The monoisotopic (exact) mass is 452 g/mol. The average Bonchev–Trinajstić information content (AvgIpc) is 3.35. The number of amides is 1. The van der Waals surface area contributed by atoms with E-state index in [1.54, 1.807) is 11.3 Å². The number of carbonyl (C=O) groups is 2. The Bertz CT molecular complexity index is 1090. The minimum absolute atomic E-state index is 0.0291. The molecule has 2 aromatic heterocycles. The first-order chi connectivity index (χ1) is 15.1. The van der Waals surface area contributed by atoms with Crippen LogP contribution in [0.5, 0.6) is 0 Å². The highest BCUT2D eigenvalue weighted by molar-refractivity contribution is 7.09. The quantitative estimate of drug-likeness (QED) is 0.473. The highest BCUT2D eigenvalue weighted by atomic mass is 32.1. The molecule has 2 N–H and O–H groups in total. The second kappa shape index (κ2) is 9.74. The molecule has 170 valence electrons. The Hall–Kier alpha value is -2.86. The topological polar surface area (TPSA) is 74.3 Å². The molecular weight excluding hydrogens is 420 g/mol. The average molecular weight is 453 g/mol. The number of hydrogen-bond donors (Lipinski definition) is 1. The standard InChI is InChI=1S/C26H32N2O3S/c1-17-23(25(27)30)24(18-8-10-19(11-9-18)26(2,3)4)21(12-13-22(29)31-5)28(17)15-14-20-7-6-16-32-20/h6-11,16H,12-15H2,1-5H3,(H2,27,30). The Morgan fingerprint density at radius 2 is 1.78 bits per heavy atom. The Morgan fingerprint density at radius 3 is 2.31 bits per heavy atom. The molecule has 0 spiro atoms. The predicted octanol–water partition coefficient (Wildman–Crippen LogP) is 5.27. The van der Waals surface area contributed by atoms with Crippen molar-refractivity contribution in [2.45, 2.75) is 58.9 Å². The van der Waals surface area contributed by atoms with Gasteiger partial charge in [-0.05, 0) is 47.8 Å². The fraction of sp³-hybridized carbons (Fsp3) is 0.385. The van der Waals surface area contributed by atoms with Crippen molar-refractivity contribution in [1.29, 1.82) is 0 Å². The van der Waals surface area contributed by atoms with Gasteiger partial charge in [0.2, 0.25) is 0 Å². The van der Waals surface area contributed by atoms with Gasteiger partial charge in [0.25, 0.3) is 5.91 Å². The molecule has 0 aliphatic rings. The number of primary amides is 1. The Labute approximate surface area is 194 Å². The number of aryl methyl sites for hydroxylation is 1. The molecule has 32 heavy (non-hydrogen) atoms. The Morgan fingerprint density at radius 1 is 1.09 bits per heavy atom. The lowest BCUT2D eigenvalue weighted by molar-refractivity contribution is -0.140. The van der Waals surface area contributed by atoms with E-state index in [4.69, 9.17) is 10.5 Å². The maximum atomic E-state index is 12.6. The van der Waals surface area contributed by atoms with Gasteiger partial charge in [-0.2, -0.15) is 0 Å². The summed E-state index contributed by atoms with van der Waals surface area (Å²) in [6.07, 6.45) is 1.56. The highest BCUT2D eigenvalue weighted by Gasteiger charge is 2.25. The largest absolute Gasteiger partial charge is 0.469 e. The van der Waals surface area contributed by atoms with Crippen molar-refractivity contribution in [3.8, 4) is 11.1 Å². The van der Waals surface area contributed by atoms with Gasteiger partial charge < -0.3 is 15.0 Å². The summed E-state index contributed by atoms with van der Waals surface area (Å²) in [5.74, 6) is -0.727. The number of nitrogens with two attached hydrogens (primary N) is 1. The van der Waals surface area contributed by atoms with Crippen LogP contribution in [0.4, 0.5) is 0 Å². The summed E-state index contributed by atoms with van der Waals surface area (Å²) < 4.78 is 7.02. The van der Waals surface area contributed by atoms with Crippen molar-refractivity contribution in [3.63, 3.8) is 0 Å². The van der Waals surface area contributed by atoms with E-state index in [-0.39, 0.29) is 17.8 Å². The van der Waals surface area contributed by atoms with Crippen LogP contribution in [0, 0.1) is 6.92 Å². The lowest BCUT2D eigenvalue weighted by Gasteiger charge is -2.19. The van der Waals surface area contributed by atoms with Crippen molar-refractivity contribution < 1.29 is 14.3 Å². The van der Waals surface area contributed by atoms with Crippen LogP contribution in [0.15, 0.2) is 41.8 Å². The van der Waals surface area contributed by atoms with Gasteiger partial charge in [-0.1, -0.05) is 51.1 Å². The molecule has 0 radical (unpaired) electrons. The van der Waals surface area contributed by atoms with E-state index in [2.05, 4.69) is 48.9 Å². The number of hydrogen-bond acceptors (Lipinski definition) is 4. The summed E-state index contributed by atoms with van der Waals surface area (Å²) in [7, 11) is 1.39. The highest BCUT2D eigenvalue weighted by Crippen LogP contribution is 2.35. The van der Waals surface area contributed by atoms with Gasteiger partial charge in [0.1, 0.15) is 0 Å². The molecule has 0 saturated heterocycles. The minimum atomic E-state index is -0.452. The van der Waals surface area contributed by atoms with E-state index in [0.29, 0.717) is 18.5 Å². The summed E-state index contributed by atoms with van der Waals surface area (Å²) in [4.78, 5) is 25.8. The molecule has 0 bridgehead atoms. The molecule has 0 aliphatic carbocycles. The number of rotatable bonds is 8. The molecule has 0 fully saturated rings. The van der Waals surface area contributed by atoms with Crippen LogP contribution in [-0.2, 0) is 34.3 Å². The molecule has 0 atom stereocenters. The maximum absolute atomic E-state index is 12.6. The van der Waals surface area contributed by atoms with E-state index in [1.807, 2.05) is 25.1 Å². The molecule has 1 amide bonds. The smallest absolute Gasteiger partial charge is 0.305 e. The summed E-state index contributed by atoms with van der Waals surface area (Å²) in [5, 5.41) is 2.06. The minimum Gasteiger partial charge on any atom is -0.469 e. The van der Waals surface area contributed by atoms with Crippen LogP contribution in [0.3, 0.4) is 0 Å². The van der Waals surface area contributed by atoms with Gasteiger partial charge in [-0.3, -0.25) is 9.59 Å². The molecule has 0 unspecified atom stereocenters. The number of benzene rings is 1. The Balaban J connectivity index is 2.12. The zero-order valence-electron chi connectivity index (χ0n) is 19.5. The van der Waals surface area contributed by atoms with Crippen molar-refractivity contribution in [1.82, 2.24) is 4.57 Å². The van der Waals surface area contributed by atoms with Crippen molar-refractivity contribution >= 4 is 23.2 Å². The zero-order chi connectivity index (χ0) is 23.5. The van der Waals surface area contributed by atoms with Crippen LogP contribution in [-0.4, -0.2) is 23.6 Å². The van der Waals surface area contributed by atoms with Crippen LogP contribution in [0.1, 0.15) is 59.4 Å². The zero-order valence-corrected chi connectivity index (χ0v) is 20.3. The number of aromatic nitrogens is 1. The summed E-state index contributed by atoms with van der Waals surface area (Å²) in [6, 6.07) is 12.4. The molecule has 0 saturated carbocycles. The van der Waals surface area contributed by atoms with Gasteiger partial charge in [0.05, 0.1) is 19.1 Å². The van der Waals surface area contributed by atoms with Crippen molar-refractivity contribution in [2.75, 3.05) is 7.11 Å². The molecular formula is C26H32N2O3S. The first-order valence-electron chi connectivity index (χ1n) is 10.8. The molecule has 6 heteroatoms. The molecule has 2 heterocycles. The third kappa shape index (κ3) is 5.13. The number of methoxy groups -OCH3 is 1. The molecule has 3 rings (SSSR count). The van der Waals surface area contributed by atoms with E-state index in [9.17, 15) is 9.59 Å². The second-order valence-electron chi connectivity index (χ2n) is 9.03. The van der Waals surface area contributed by atoms with Crippen molar-refractivity contribution in [2.24, 2.45) is 5.73 Å². The summed E-state index contributed by atoms with van der Waals surface area (Å²) >= 11 is 1.71. The maximum Gasteiger partial charge on any atom is 0.305 e. The number of nitrogens with zero attached hydrogens (tertiary/aromatic N) is 1. The van der Waals surface area contributed by atoms with Crippen LogP contribution in [0.2, 0.25) is 0 Å². The molecule has 1 aromatic carbocycles. The number of ether oxygens (including phenoxy) is 1. The second-order valence-corrected chi connectivity index (χ2v) is 10.1. The van der Waals surface area contributed by atoms with Crippen LogP contribution < -0.4 is 5.73 Å². The Kier molecular flexibility index (Phi) is 7.24. The number of esters is 1. The van der Waals surface area contributed by atoms with Gasteiger partial charge in [0, 0.05) is 28.4 Å². The third-order valence-corrected chi connectivity index (χ3v) is 6.81.